The Hall–Kier alpha value is -1.62. The molecule has 0 atom stereocenters. The highest BCUT2D eigenvalue weighted by Crippen LogP contribution is 2.17. The molecule has 0 radical (unpaired) electrons. The zero-order valence-electron chi connectivity index (χ0n) is 11.8. The summed E-state index contributed by atoms with van der Waals surface area (Å²) in [5, 5.41) is 2.96. The van der Waals surface area contributed by atoms with Gasteiger partial charge in [-0.05, 0) is 44.0 Å². The first-order chi connectivity index (χ1) is 9.69. The predicted molar refractivity (Wildman–Crippen MR) is 75.1 cm³/mol. The Morgan fingerprint density at radius 1 is 1.30 bits per heavy atom. The fourth-order valence-electron chi connectivity index (χ4n) is 2.39. The lowest BCUT2D eigenvalue weighted by Gasteiger charge is -2.26. The number of likely N-dealkylation sites (tertiary alicyclic amines) is 1. The first-order valence-corrected chi connectivity index (χ1v) is 7.03. The van der Waals surface area contributed by atoms with Crippen LogP contribution in [0.25, 0.3) is 0 Å². The van der Waals surface area contributed by atoms with Crippen molar-refractivity contribution in [2.24, 2.45) is 0 Å². The van der Waals surface area contributed by atoms with Crippen LogP contribution in [0.4, 0.5) is 4.39 Å². The number of benzene rings is 1. The molecule has 0 aliphatic carbocycles. The minimum Gasteiger partial charge on any atom is -0.484 e. The molecule has 0 aromatic heterocycles. The van der Waals surface area contributed by atoms with Gasteiger partial charge >= 0.3 is 0 Å². The van der Waals surface area contributed by atoms with E-state index in [9.17, 15) is 9.18 Å². The minimum atomic E-state index is -0.349. The molecular weight excluding hydrogens is 259 g/mol. The van der Waals surface area contributed by atoms with Crippen LogP contribution in [0.2, 0.25) is 0 Å². The van der Waals surface area contributed by atoms with E-state index in [4.69, 9.17) is 4.74 Å². The molecule has 1 N–H and O–H groups in total. The molecular formula is C15H21FN2O2. The molecule has 1 fully saturated rings. The van der Waals surface area contributed by atoms with Gasteiger partial charge in [-0.1, -0.05) is 0 Å². The lowest BCUT2D eigenvalue weighted by atomic mass is 10.1. The van der Waals surface area contributed by atoms with E-state index in [0.29, 0.717) is 12.3 Å². The first-order valence-electron chi connectivity index (χ1n) is 7.03. The second-order valence-corrected chi connectivity index (χ2v) is 5.06. The molecule has 1 amide bonds. The summed E-state index contributed by atoms with van der Waals surface area (Å²) < 4.78 is 18.9. The van der Waals surface area contributed by atoms with Gasteiger partial charge in [0, 0.05) is 25.7 Å². The number of halogens is 1. The Morgan fingerprint density at radius 3 is 2.75 bits per heavy atom. The highest BCUT2D eigenvalue weighted by atomic mass is 19.1. The van der Waals surface area contributed by atoms with Crippen molar-refractivity contribution in [1.82, 2.24) is 10.2 Å². The van der Waals surface area contributed by atoms with Crippen LogP contribution in [-0.4, -0.2) is 37.6 Å². The standard InChI is InChI=1S/C15H21FN2O2/c1-17-10-12-7-13(16)9-14(8-12)20-11-15(19)18-5-3-2-4-6-18/h7-9,17H,2-6,10-11H2,1H3. The van der Waals surface area contributed by atoms with E-state index in [-0.39, 0.29) is 18.3 Å². The largest absolute Gasteiger partial charge is 0.484 e. The maximum atomic E-state index is 13.4. The summed E-state index contributed by atoms with van der Waals surface area (Å²) in [7, 11) is 1.80. The monoisotopic (exact) mass is 280 g/mol. The van der Waals surface area contributed by atoms with Crippen LogP contribution in [-0.2, 0) is 11.3 Å². The van der Waals surface area contributed by atoms with E-state index in [2.05, 4.69) is 5.32 Å². The van der Waals surface area contributed by atoms with Crippen molar-refractivity contribution in [3.8, 4) is 5.75 Å². The number of piperidine rings is 1. The number of nitrogens with one attached hydrogen (secondary N) is 1. The molecule has 2 rings (SSSR count). The zero-order valence-corrected chi connectivity index (χ0v) is 11.8. The van der Waals surface area contributed by atoms with E-state index < -0.39 is 0 Å². The molecule has 1 aliphatic heterocycles. The third kappa shape index (κ3) is 4.20. The van der Waals surface area contributed by atoms with Crippen molar-refractivity contribution in [1.29, 1.82) is 0 Å². The average Bonchev–Trinajstić information content (AvgIpc) is 2.45. The van der Waals surface area contributed by atoms with E-state index in [1.807, 2.05) is 4.90 Å². The molecule has 0 unspecified atom stereocenters. The summed E-state index contributed by atoms with van der Waals surface area (Å²) >= 11 is 0. The number of nitrogens with zero attached hydrogens (tertiary/aromatic N) is 1. The fourth-order valence-corrected chi connectivity index (χ4v) is 2.39. The molecule has 1 saturated heterocycles. The fraction of sp³-hybridized carbons (Fsp3) is 0.533. The quantitative estimate of drug-likeness (QED) is 0.896. The van der Waals surface area contributed by atoms with Crippen LogP contribution >= 0.6 is 0 Å². The summed E-state index contributed by atoms with van der Waals surface area (Å²) in [6.45, 7) is 2.14. The molecule has 1 aromatic rings. The van der Waals surface area contributed by atoms with E-state index in [1.165, 1.54) is 18.6 Å². The van der Waals surface area contributed by atoms with E-state index in [1.54, 1.807) is 13.1 Å². The number of carbonyl (C=O) groups excluding carboxylic acids is 1. The maximum absolute atomic E-state index is 13.4. The SMILES string of the molecule is CNCc1cc(F)cc(OCC(=O)N2CCCCC2)c1. The van der Waals surface area contributed by atoms with Crippen molar-refractivity contribution in [3.05, 3.63) is 29.6 Å². The number of carbonyl (C=O) groups is 1. The summed E-state index contributed by atoms with van der Waals surface area (Å²) in [6, 6.07) is 4.52. The number of rotatable bonds is 5. The Kier molecular flexibility index (Phi) is 5.35. The number of hydrogen-bond acceptors (Lipinski definition) is 3. The van der Waals surface area contributed by atoms with Crippen LogP contribution in [0.1, 0.15) is 24.8 Å². The summed E-state index contributed by atoms with van der Waals surface area (Å²) in [5.41, 5.74) is 0.799. The molecule has 5 heteroatoms. The van der Waals surface area contributed by atoms with Gasteiger partial charge < -0.3 is 15.0 Å². The second-order valence-electron chi connectivity index (χ2n) is 5.06. The summed E-state index contributed by atoms with van der Waals surface area (Å²) in [4.78, 5) is 13.8. The summed E-state index contributed by atoms with van der Waals surface area (Å²) in [5.74, 6) is 0.0305. The average molecular weight is 280 g/mol. The minimum absolute atomic E-state index is 0.0240. The van der Waals surface area contributed by atoms with Crippen LogP contribution in [0, 0.1) is 5.82 Å². The normalized spacial score (nSPS) is 15.2. The smallest absolute Gasteiger partial charge is 0.260 e. The third-order valence-corrected chi connectivity index (χ3v) is 3.38. The van der Waals surface area contributed by atoms with Crippen LogP contribution in [0.5, 0.6) is 5.75 Å². The van der Waals surface area contributed by atoms with Crippen LogP contribution in [0.3, 0.4) is 0 Å². The number of hydrogen-bond donors (Lipinski definition) is 1. The van der Waals surface area contributed by atoms with Gasteiger partial charge in [0.2, 0.25) is 0 Å². The molecule has 4 nitrogen and oxygen atoms in total. The zero-order chi connectivity index (χ0) is 14.4. The molecule has 1 aromatic carbocycles. The van der Waals surface area contributed by atoms with Gasteiger partial charge in [0.05, 0.1) is 0 Å². The highest BCUT2D eigenvalue weighted by Gasteiger charge is 2.16. The Labute approximate surface area is 118 Å². The van der Waals surface area contributed by atoms with Crippen molar-refractivity contribution < 1.29 is 13.9 Å². The molecule has 1 heterocycles. The van der Waals surface area contributed by atoms with Gasteiger partial charge in [-0.25, -0.2) is 4.39 Å². The Morgan fingerprint density at radius 2 is 2.05 bits per heavy atom. The molecule has 0 spiro atoms. The lowest BCUT2D eigenvalue weighted by Crippen LogP contribution is -2.38. The Balaban J connectivity index is 1.90. The third-order valence-electron chi connectivity index (χ3n) is 3.38. The van der Waals surface area contributed by atoms with E-state index in [0.717, 1.165) is 31.5 Å². The summed E-state index contributed by atoms with van der Waals surface area (Å²) in [6.07, 6.45) is 3.29. The van der Waals surface area contributed by atoms with Crippen molar-refractivity contribution >= 4 is 5.91 Å². The predicted octanol–water partition coefficient (Wildman–Crippen LogP) is 1.94. The molecule has 0 saturated carbocycles. The van der Waals surface area contributed by atoms with Gasteiger partial charge in [-0.2, -0.15) is 0 Å². The first kappa shape index (κ1) is 14.8. The maximum Gasteiger partial charge on any atom is 0.260 e. The van der Waals surface area contributed by atoms with Gasteiger partial charge in [-0.15, -0.1) is 0 Å². The van der Waals surface area contributed by atoms with Crippen molar-refractivity contribution in [2.45, 2.75) is 25.8 Å². The Bertz CT molecular complexity index is 459. The highest BCUT2D eigenvalue weighted by molar-refractivity contribution is 5.77. The van der Waals surface area contributed by atoms with Gasteiger partial charge in [0.1, 0.15) is 11.6 Å². The molecule has 1 aliphatic rings. The lowest BCUT2D eigenvalue weighted by molar-refractivity contribution is -0.134. The van der Waals surface area contributed by atoms with Crippen molar-refractivity contribution in [2.75, 3.05) is 26.7 Å². The van der Waals surface area contributed by atoms with E-state index >= 15 is 0 Å². The second kappa shape index (κ2) is 7.24. The van der Waals surface area contributed by atoms with Crippen molar-refractivity contribution in [3.63, 3.8) is 0 Å². The number of ether oxygens (including phenoxy) is 1. The van der Waals surface area contributed by atoms with Crippen LogP contribution < -0.4 is 10.1 Å². The van der Waals surface area contributed by atoms with Gasteiger partial charge in [0.25, 0.3) is 5.91 Å². The van der Waals surface area contributed by atoms with Gasteiger partial charge in [-0.3, -0.25) is 4.79 Å². The van der Waals surface area contributed by atoms with Crippen LogP contribution in [0.15, 0.2) is 18.2 Å². The van der Waals surface area contributed by atoms with Gasteiger partial charge in [0.15, 0.2) is 6.61 Å². The number of amides is 1. The molecule has 110 valence electrons. The topological polar surface area (TPSA) is 41.6 Å². The molecule has 20 heavy (non-hydrogen) atoms. The molecule has 0 bridgehead atoms.